The summed E-state index contributed by atoms with van der Waals surface area (Å²) in [5, 5.41) is 8.39. The van der Waals surface area contributed by atoms with Gasteiger partial charge in [0, 0.05) is 17.4 Å². The van der Waals surface area contributed by atoms with E-state index in [4.69, 9.17) is 0 Å². The maximum atomic E-state index is 2.23. The van der Waals surface area contributed by atoms with Crippen molar-refractivity contribution in [3.05, 3.63) is 182 Å². The molecule has 0 saturated heterocycles. The molecule has 0 radical (unpaired) electrons. The summed E-state index contributed by atoms with van der Waals surface area (Å²) in [6.07, 6.45) is 0. The van der Waals surface area contributed by atoms with Crippen LogP contribution >= 0.6 is 15.8 Å². The fraction of sp³-hybridized carbons (Fsp3) is 0. The predicted octanol–water partition coefficient (Wildman–Crippen LogP) is 6.89. The van der Waals surface area contributed by atoms with Gasteiger partial charge in [-0.2, -0.15) is 0 Å². The Morgan fingerprint density at radius 3 is 0.462 bits per heavy atom. The van der Waals surface area contributed by atoms with Crippen LogP contribution in [0.25, 0.3) is 0 Å². The first-order valence-corrected chi connectivity index (χ1v) is 15.5. The van der Waals surface area contributed by atoms with Crippen LogP contribution in [0.1, 0.15) is 0 Å². The van der Waals surface area contributed by atoms with E-state index in [0.29, 0.717) is 0 Å². The Balaban J connectivity index is 0.000000176. The van der Waals surface area contributed by atoms with Gasteiger partial charge in [0.2, 0.25) is 0 Å². The maximum Gasteiger partial charge on any atom is 0 e. The van der Waals surface area contributed by atoms with Crippen molar-refractivity contribution < 1.29 is 17.4 Å². The summed E-state index contributed by atoms with van der Waals surface area (Å²) in [5.74, 6) is 0. The Morgan fingerprint density at radius 1 is 0.205 bits per heavy atom. The zero-order valence-corrected chi connectivity index (χ0v) is 24.7. The number of benzene rings is 6. The molecule has 190 valence electrons. The molecule has 6 rings (SSSR count). The second kappa shape index (κ2) is 15.3. The predicted molar refractivity (Wildman–Crippen MR) is 170 cm³/mol. The van der Waals surface area contributed by atoms with Gasteiger partial charge in [0.1, 0.15) is 0 Å². The molecule has 0 unspecified atom stereocenters. The third-order valence-electron chi connectivity index (χ3n) is 6.09. The summed E-state index contributed by atoms with van der Waals surface area (Å²) in [6, 6.07) is 64.7. The van der Waals surface area contributed by atoms with E-state index >= 15 is 0 Å². The maximum absolute atomic E-state index is 2.23. The monoisotopic (exact) mass is 576 g/mol. The molecular weight excluding hydrogens is 546 g/mol. The SMILES string of the molecule is [Cr].c1ccc(P(c2ccccc2)c2ccccc2)cc1.c1ccc(P(c2ccccc2)c2ccccc2)cc1. The number of hydrogen-bond donors (Lipinski definition) is 0. The van der Waals surface area contributed by atoms with E-state index in [2.05, 4.69) is 182 Å². The van der Waals surface area contributed by atoms with Crippen molar-refractivity contribution in [1.29, 1.82) is 0 Å². The molecule has 0 aliphatic heterocycles. The molecule has 0 fully saturated rings. The van der Waals surface area contributed by atoms with Crippen LogP contribution in [0.4, 0.5) is 0 Å². The van der Waals surface area contributed by atoms with Gasteiger partial charge in [-0.25, -0.2) is 0 Å². The van der Waals surface area contributed by atoms with Crippen LogP contribution in [0.2, 0.25) is 0 Å². The van der Waals surface area contributed by atoms with Gasteiger partial charge in [-0.15, -0.1) is 0 Å². The molecule has 0 bridgehead atoms. The summed E-state index contributed by atoms with van der Waals surface area (Å²) in [4.78, 5) is 0. The summed E-state index contributed by atoms with van der Waals surface area (Å²) in [6.45, 7) is 0. The minimum Gasteiger partial charge on any atom is -0.0622 e. The molecular formula is C36H30CrP2. The van der Waals surface area contributed by atoms with Crippen molar-refractivity contribution in [2.45, 2.75) is 0 Å². The molecule has 0 spiro atoms. The van der Waals surface area contributed by atoms with Gasteiger partial charge in [-0.05, 0) is 47.7 Å². The van der Waals surface area contributed by atoms with Crippen molar-refractivity contribution in [1.82, 2.24) is 0 Å². The van der Waals surface area contributed by atoms with Crippen LogP contribution in [0.15, 0.2) is 182 Å². The van der Waals surface area contributed by atoms with Crippen LogP contribution < -0.4 is 31.8 Å². The van der Waals surface area contributed by atoms with Gasteiger partial charge in [0.25, 0.3) is 0 Å². The van der Waals surface area contributed by atoms with Gasteiger partial charge in [-0.1, -0.05) is 182 Å². The van der Waals surface area contributed by atoms with Gasteiger partial charge in [0.05, 0.1) is 0 Å². The Bertz CT molecular complexity index is 1170. The van der Waals surface area contributed by atoms with Gasteiger partial charge < -0.3 is 0 Å². The third-order valence-corrected chi connectivity index (χ3v) is 11.0. The second-order valence-electron chi connectivity index (χ2n) is 8.68. The van der Waals surface area contributed by atoms with Crippen molar-refractivity contribution in [2.24, 2.45) is 0 Å². The van der Waals surface area contributed by atoms with E-state index in [9.17, 15) is 0 Å². The smallest absolute Gasteiger partial charge is 0 e. The van der Waals surface area contributed by atoms with E-state index in [-0.39, 0.29) is 17.4 Å². The summed E-state index contributed by atoms with van der Waals surface area (Å²) < 4.78 is 0. The average Bonchev–Trinajstić information content (AvgIpc) is 3.01. The summed E-state index contributed by atoms with van der Waals surface area (Å²) >= 11 is 0. The standard InChI is InChI=1S/2C18H15P.Cr/c2*1-4-10-16(11-5-1)19(17-12-6-2-7-13-17)18-14-8-3-9-15-18;/h2*1-15H;. The van der Waals surface area contributed by atoms with Crippen LogP contribution in [0.5, 0.6) is 0 Å². The first-order chi connectivity index (χ1) is 18.9. The normalized spacial score (nSPS) is 10.3. The van der Waals surface area contributed by atoms with Crippen molar-refractivity contribution in [3.8, 4) is 0 Å². The largest absolute Gasteiger partial charge is 0.0622 e. The molecule has 0 N–H and O–H groups in total. The summed E-state index contributed by atoms with van der Waals surface area (Å²) in [5.41, 5.74) is 0. The van der Waals surface area contributed by atoms with Crippen molar-refractivity contribution in [2.75, 3.05) is 0 Å². The molecule has 0 aliphatic carbocycles. The van der Waals surface area contributed by atoms with Gasteiger partial charge >= 0.3 is 0 Å². The molecule has 0 atom stereocenters. The summed E-state index contributed by atoms with van der Waals surface area (Å²) in [7, 11) is -0.892. The Hall–Kier alpha value is -3.29. The number of hydrogen-bond acceptors (Lipinski definition) is 0. The minimum absolute atomic E-state index is 0. The van der Waals surface area contributed by atoms with Gasteiger partial charge in [0.15, 0.2) is 0 Å². The quantitative estimate of drug-likeness (QED) is 0.190. The molecule has 0 amide bonds. The average molecular weight is 577 g/mol. The zero-order chi connectivity index (χ0) is 25.8. The van der Waals surface area contributed by atoms with E-state index < -0.39 is 15.8 Å². The third kappa shape index (κ3) is 7.87. The molecule has 0 aliphatic rings. The van der Waals surface area contributed by atoms with E-state index in [1.54, 1.807) is 0 Å². The fourth-order valence-corrected chi connectivity index (χ4v) is 8.97. The molecule has 6 aromatic rings. The number of rotatable bonds is 6. The topological polar surface area (TPSA) is 0 Å². The molecule has 3 heteroatoms. The van der Waals surface area contributed by atoms with Crippen LogP contribution in [0.3, 0.4) is 0 Å². The molecule has 0 saturated carbocycles. The zero-order valence-electron chi connectivity index (χ0n) is 21.6. The molecule has 6 aromatic carbocycles. The molecule has 0 nitrogen and oxygen atoms in total. The molecule has 39 heavy (non-hydrogen) atoms. The van der Waals surface area contributed by atoms with Crippen LogP contribution in [-0.4, -0.2) is 0 Å². The van der Waals surface area contributed by atoms with Crippen LogP contribution in [0, 0.1) is 0 Å². The Kier molecular flexibility index (Phi) is 11.3. The molecule has 0 aromatic heterocycles. The Morgan fingerprint density at radius 2 is 0.333 bits per heavy atom. The van der Waals surface area contributed by atoms with E-state index in [1.165, 1.54) is 31.8 Å². The second-order valence-corrected chi connectivity index (χ2v) is 13.1. The molecule has 0 heterocycles. The fourth-order valence-electron chi connectivity index (χ4n) is 4.36. The van der Waals surface area contributed by atoms with E-state index in [0.717, 1.165) is 0 Å². The van der Waals surface area contributed by atoms with Gasteiger partial charge in [-0.3, -0.25) is 0 Å². The van der Waals surface area contributed by atoms with Crippen molar-refractivity contribution in [3.63, 3.8) is 0 Å². The first kappa shape index (κ1) is 28.7. The van der Waals surface area contributed by atoms with Crippen molar-refractivity contribution >= 4 is 47.7 Å². The Labute approximate surface area is 246 Å². The van der Waals surface area contributed by atoms with E-state index in [1.807, 2.05) is 0 Å². The minimum atomic E-state index is -0.446. The first-order valence-electron chi connectivity index (χ1n) is 12.8. The van der Waals surface area contributed by atoms with Crippen LogP contribution in [-0.2, 0) is 17.4 Å².